The van der Waals surface area contributed by atoms with Gasteiger partial charge in [-0.05, 0) is 35.9 Å². The van der Waals surface area contributed by atoms with Crippen molar-refractivity contribution in [2.45, 2.75) is 6.54 Å². The maximum atomic E-state index is 13.1. The smallest absolute Gasteiger partial charge is 0.252 e. The molecule has 30 heavy (non-hydrogen) atoms. The molecule has 0 unspecified atom stereocenters. The maximum Gasteiger partial charge on any atom is 0.252 e. The first kappa shape index (κ1) is 19.5. The number of hydrogen-bond acceptors (Lipinski definition) is 4. The molecule has 4 rings (SSSR count). The van der Waals surface area contributed by atoms with Crippen molar-refractivity contribution in [2.24, 2.45) is 0 Å². The Bertz CT molecular complexity index is 1190. The van der Waals surface area contributed by atoms with Crippen molar-refractivity contribution in [3.05, 3.63) is 90.0 Å². The molecule has 0 saturated heterocycles. The minimum atomic E-state index is -0.140. The summed E-state index contributed by atoms with van der Waals surface area (Å²) in [6.45, 7) is 0.460. The van der Waals surface area contributed by atoms with Crippen molar-refractivity contribution < 1.29 is 14.3 Å². The molecule has 4 aromatic rings. The highest BCUT2D eigenvalue weighted by molar-refractivity contribution is 6.07. The fourth-order valence-electron chi connectivity index (χ4n) is 3.38. The maximum absolute atomic E-state index is 13.1. The fourth-order valence-corrected chi connectivity index (χ4v) is 3.38. The zero-order valence-electron chi connectivity index (χ0n) is 16.9. The average Bonchev–Trinajstić information content (AvgIpc) is 2.82. The van der Waals surface area contributed by atoms with Crippen LogP contribution in [-0.2, 0) is 6.54 Å². The molecule has 0 bridgehead atoms. The second-order valence-corrected chi connectivity index (χ2v) is 6.81. The number of methoxy groups -OCH3 is 2. The number of para-hydroxylation sites is 1. The van der Waals surface area contributed by atoms with Crippen molar-refractivity contribution in [3.63, 3.8) is 0 Å². The Hall–Kier alpha value is -3.86. The molecule has 0 radical (unpaired) electrons. The Kier molecular flexibility index (Phi) is 5.61. The third-order valence-electron chi connectivity index (χ3n) is 4.94. The van der Waals surface area contributed by atoms with Gasteiger partial charge in [0.1, 0.15) is 0 Å². The molecule has 0 saturated carbocycles. The molecule has 1 heterocycles. The van der Waals surface area contributed by atoms with Gasteiger partial charge in [0.15, 0.2) is 11.5 Å². The lowest BCUT2D eigenvalue weighted by Crippen LogP contribution is -2.23. The molecule has 3 aromatic carbocycles. The number of ether oxygens (including phenoxy) is 2. The van der Waals surface area contributed by atoms with E-state index in [0.29, 0.717) is 29.3 Å². The predicted octanol–water partition coefficient (Wildman–Crippen LogP) is 4.85. The first-order valence-electron chi connectivity index (χ1n) is 9.64. The van der Waals surface area contributed by atoms with E-state index in [9.17, 15) is 4.79 Å². The number of pyridine rings is 1. The van der Waals surface area contributed by atoms with E-state index in [0.717, 1.165) is 22.0 Å². The number of nitrogens with one attached hydrogen (secondary N) is 1. The van der Waals surface area contributed by atoms with Crippen molar-refractivity contribution in [1.82, 2.24) is 10.3 Å². The summed E-state index contributed by atoms with van der Waals surface area (Å²) in [4.78, 5) is 17.8. The molecule has 1 amide bonds. The van der Waals surface area contributed by atoms with Gasteiger partial charge in [0.05, 0.1) is 31.0 Å². The number of aromatic nitrogens is 1. The molecule has 0 fully saturated rings. The van der Waals surface area contributed by atoms with Gasteiger partial charge in [0, 0.05) is 17.5 Å². The van der Waals surface area contributed by atoms with Crippen LogP contribution in [0.5, 0.6) is 11.5 Å². The van der Waals surface area contributed by atoms with Crippen LogP contribution in [0, 0.1) is 0 Å². The zero-order chi connectivity index (χ0) is 20.9. The van der Waals surface area contributed by atoms with Gasteiger partial charge in [-0.2, -0.15) is 0 Å². The number of carbonyl (C=O) groups excluding carboxylic acids is 1. The number of fused-ring (bicyclic) bond motifs is 1. The van der Waals surface area contributed by atoms with E-state index >= 15 is 0 Å². The quantitative estimate of drug-likeness (QED) is 0.504. The van der Waals surface area contributed by atoms with Crippen LogP contribution in [0.15, 0.2) is 78.9 Å². The Balaban J connectivity index is 1.73. The van der Waals surface area contributed by atoms with Gasteiger partial charge in [0.2, 0.25) is 0 Å². The first-order chi connectivity index (χ1) is 14.7. The van der Waals surface area contributed by atoms with E-state index in [1.165, 1.54) is 0 Å². The van der Waals surface area contributed by atoms with Crippen molar-refractivity contribution in [1.29, 1.82) is 0 Å². The molecule has 5 nitrogen and oxygen atoms in total. The van der Waals surface area contributed by atoms with Gasteiger partial charge in [-0.1, -0.05) is 48.5 Å². The van der Waals surface area contributed by atoms with Crippen molar-refractivity contribution in [2.75, 3.05) is 14.2 Å². The highest BCUT2D eigenvalue weighted by atomic mass is 16.5. The topological polar surface area (TPSA) is 60.5 Å². The largest absolute Gasteiger partial charge is 0.493 e. The number of nitrogens with zero attached hydrogens (tertiary/aromatic N) is 1. The summed E-state index contributed by atoms with van der Waals surface area (Å²) in [5.74, 6) is 1.11. The van der Waals surface area contributed by atoms with Crippen LogP contribution in [-0.4, -0.2) is 25.1 Å². The number of hydrogen-bond donors (Lipinski definition) is 1. The number of benzene rings is 3. The number of carbonyl (C=O) groups is 1. The number of rotatable bonds is 6. The zero-order valence-corrected chi connectivity index (χ0v) is 16.9. The summed E-state index contributed by atoms with van der Waals surface area (Å²) in [6.07, 6.45) is 0. The second kappa shape index (κ2) is 8.66. The van der Waals surface area contributed by atoms with Crippen molar-refractivity contribution in [3.8, 4) is 22.8 Å². The molecule has 0 atom stereocenters. The third-order valence-corrected chi connectivity index (χ3v) is 4.94. The van der Waals surface area contributed by atoms with Gasteiger partial charge >= 0.3 is 0 Å². The highest BCUT2D eigenvalue weighted by Gasteiger charge is 2.15. The van der Waals surface area contributed by atoms with Crippen molar-refractivity contribution >= 4 is 16.8 Å². The Labute approximate surface area is 175 Å². The summed E-state index contributed by atoms with van der Waals surface area (Å²) in [5.41, 5.74) is 3.93. The first-order valence-corrected chi connectivity index (χ1v) is 9.64. The second-order valence-electron chi connectivity index (χ2n) is 6.81. The molecule has 0 aliphatic carbocycles. The summed E-state index contributed by atoms with van der Waals surface area (Å²) in [6, 6.07) is 24.9. The van der Waals surface area contributed by atoms with Gasteiger partial charge in [-0.15, -0.1) is 0 Å². The van der Waals surface area contributed by atoms with Crippen LogP contribution in [0.25, 0.3) is 22.2 Å². The predicted molar refractivity (Wildman–Crippen MR) is 118 cm³/mol. The van der Waals surface area contributed by atoms with Crippen LogP contribution in [0.1, 0.15) is 15.9 Å². The Morgan fingerprint density at radius 1 is 0.867 bits per heavy atom. The lowest BCUT2D eigenvalue weighted by atomic mass is 10.0. The van der Waals surface area contributed by atoms with Crippen LogP contribution in [0.2, 0.25) is 0 Å². The molecule has 1 N–H and O–H groups in total. The van der Waals surface area contributed by atoms with Crippen LogP contribution in [0.3, 0.4) is 0 Å². The highest BCUT2D eigenvalue weighted by Crippen LogP contribution is 2.33. The molecular formula is C25H22N2O3. The number of amides is 1. The van der Waals surface area contributed by atoms with Crippen LogP contribution < -0.4 is 14.8 Å². The van der Waals surface area contributed by atoms with Gasteiger partial charge in [0.25, 0.3) is 5.91 Å². The normalized spacial score (nSPS) is 10.6. The minimum Gasteiger partial charge on any atom is -0.493 e. The van der Waals surface area contributed by atoms with E-state index in [1.54, 1.807) is 14.2 Å². The SMILES string of the molecule is COc1ccc(-c2cc(C(=O)NCc3ccccc3)c3ccccc3n2)cc1OC. The standard InChI is InChI=1S/C25H22N2O3/c1-29-23-13-12-18(14-24(23)30-2)22-15-20(19-10-6-7-11-21(19)27-22)25(28)26-16-17-8-4-3-5-9-17/h3-15H,16H2,1-2H3,(H,26,28). The molecule has 0 spiro atoms. The van der Waals surface area contributed by atoms with E-state index < -0.39 is 0 Å². The van der Waals surface area contributed by atoms with E-state index in [1.807, 2.05) is 78.9 Å². The van der Waals surface area contributed by atoms with E-state index in [2.05, 4.69) is 5.32 Å². The summed E-state index contributed by atoms with van der Waals surface area (Å²) in [5, 5.41) is 3.83. The monoisotopic (exact) mass is 398 g/mol. The molecule has 1 aromatic heterocycles. The van der Waals surface area contributed by atoms with Gasteiger partial charge < -0.3 is 14.8 Å². The van der Waals surface area contributed by atoms with Crippen LogP contribution in [0.4, 0.5) is 0 Å². The van der Waals surface area contributed by atoms with E-state index in [-0.39, 0.29) is 5.91 Å². The summed E-state index contributed by atoms with van der Waals surface area (Å²) in [7, 11) is 3.19. The lowest BCUT2D eigenvalue weighted by Gasteiger charge is -2.12. The van der Waals surface area contributed by atoms with Gasteiger partial charge in [-0.3, -0.25) is 4.79 Å². The van der Waals surface area contributed by atoms with Gasteiger partial charge in [-0.25, -0.2) is 4.98 Å². The Morgan fingerprint density at radius 2 is 1.60 bits per heavy atom. The average molecular weight is 398 g/mol. The molecule has 150 valence electrons. The summed E-state index contributed by atoms with van der Waals surface area (Å²) >= 11 is 0. The van der Waals surface area contributed by atoms with E-state index in [4.69, 9.17) is 14.5 Å². The third kappa shape index (κ3) is 3.96. The fraction of sp³-hybridized carbons (Fsp3) is 0.120. The lowest BCUT2D eigenvalue weighted by molar-refractivity contribution is 0.0952. The molecular weight excluding hydrogens is 376 g/mol. The Morgan fingerprint density at radius 3 is 2.37 bits per heavy atom. The molecule has 5 heteroatoms. The summed E-state index contributed by atoms with van der Waals surface area (Å²) < 4.78 is 10.7. The molecule has 0 aliphatic heterocycles. The van der Waals surface area contributed by atoms with Crippen LogP contribution >= 0.6 is 0 Å². The minimum absolute atomic E-state index is 0.140. The molecule has 0 aliphatic rings.